The predicted octanol–water partition coefficient (Wildman–Crippen LogP) is 2.31. The third-order valence-electron chi connectivity index (χ3n) is 2.66. The SMILES string of the molecule is C=C(C)OC(=O)N1CCC(OC)(C(F)(F)F)C1. The highest BCUT2D eigenvalue weighted by molar-refractivity contribution is 5.69. The van der Waals surface area contributed by atoms with Crippen molar-refractivity contribution >= 4 is 6.09 Å². The largest absolute Gasteiger partial charge is 0.419 e. The number of rotatable bonds is 2. The second-order valence-electron chi connectivity index (χ2n) is 3.94. The van der Waals surface area contributed by atoms with Crippen molar-refractivity contribution in [3.8, 4) is 0 Å². The van der Waals surface area contributed by atoms with Crippen molar-refractivity contribution in [2.45, 2.75) is 25.1 Å². The highest BCUT2D eigenvalue weighted by Gasteiger charge is 2.59. The van der Waals surface area contributed by atoms with Gasteiger partial charge in [0.15, 0.2) is 5.60 Å². The predicted molar refractivity (Wildman–Crippen MR) is 53.3 cm³/mol. The van der Waals surface area contributed by atoms with Gasteiger partial charge in [-0.2, -0.15) is 13.2 Å². The summed E-state index contributed by atoms with van der Waals surface area (Å²) in [6, 6.07) is 0. The number of alkyl halides is 3. The summed E-state index contributed by atoms with van der Waals surface area (Å²) in [4.78, 5) is 12.4. The number of allylic oxidation sites excluding steroid dienone is 1. The summed E-state index contributed by atoms with van der Waals surface area (Å²) in [5, 5.41) is 0. The fourth-order valence-electron chi connectivity index (χ4n) is 1.67. The summed E-state index contributed by atoms with van der Waals surface area (Å²) in [6.45, 7) is 4.18. The summed E-state index contributed by atoms with van der Waals surface area (Å²) in [6.07, 6.45) is -5.64. The Morgan fingerprint density at radius 3 is 2.41 bits per heavy atom. The molecule has 0 spiro atoms. The molecule has 98 valence electrons. The van der Waals surface area contributed by atoms with Crippen LogP contribution in [0.25, 0.3) is 0 Å². The molecular weight excluding hydrogens is 239 g/mol. The smallest absolute Gasteiger partial charge is 0.416 e. The molecule has 0 bridgehead atoms. The van der Waals surface area contributed by atoms with Crippen molar-refractivity contribution in [3.05, 3.63) is 12.3 Å². The van der Waals surface area contributed by atoms with Gasteiger partial charge in [0, 0.05) is 20.1 Å². The van der Waals surface area contributed by atoms with Gasteiger partial charge in [0.25, 0.3) is 0 Å². The van der Waals surface area contributed by atoms with Gasteiger partial charge >= 0.3 is 12.3 Å². The van der Waals surface area contributed by atoms with Crippen LogP contribution in [0.5, 0.6) is 0 Å². The number of carbonyl (C=O) groups excluding carboxylic acids is 1. The Hall–Kier alpha value is -1.24. The Balaban J connectivity index is 2.74. The average molecular weight is 253 g/mol. The van der Waals surface area contributed by atoms with Gasteiger partial charge in [-0.1, -0.05) is 6.58 Å². The number of amides is 1. The van der Waals surface area contributed by atoms with Gasteiger partial charge in [-0.3, -0.25) is 0 Å². The van der Waals surface area contributed by atoms with E-state index in [0.29, 0.717) is 0 Å². The number of hydrogen-bond donors (Lipinski definition) is 0. The molecule has 0 aliphatic carbocycles. The minimum absolute atomic E-state index is 0.0561. The molecule has 1 aliphatic rings. The maximum absolute atomic E-state index is 12.8. The number of methoxy groups -OCH3 is 1. The van der Waals surface area contributed by atoms with E-state index in [9.17, 15) is 18.0 Å². The maximum atomic E-state index is 12.8. The van der Waals surface area contributed by atoms with E-state index < -0.39 is 24.4 Å². The zero-order valence-corrected chi connectivity index (χ0v) is 9.63. The molecule has 0 radical (unpaired) electrons. The summed E-state index contributed by atoms with van der Waals surface area (Å²) >= 11 is 0. The first-order valence-corrected chi connectivity index (χ1v) is 4.96. The zero-order valence-electron chi connectivity index (χ0n) is 9.63. The topological polar surface area (TPSA) is 38.8 Å². The molecule has 1 aliphatic heterocycles. The molecule has 7 heteroatoms. The number of carbonyl (C=O) groups is 1. The van der Waals surface area contributed by atoms with Crippen LogP contribution in [0.4, 0.5) is 18.0 Å². The van der Waals surface area contributed by atoms with Crippen molar-refractivity contribution < 1.29 is 27.4 Å². The van der Waals surface area contributed by atoms with Crippen LogP contribution in [0.1, 0.15) is 13.3 Å². The van der Waals surface area contributed by atoms with E-state index in [4.69, 9.17) is 0 Å². The minimum Gasteiger partial charge on any atom is -0.416 e. The van der Waals surface area contributed by atoms with Crippen LogP contribution in [0.2, 0.25) is 0 Å². The molecule has 0 N–H and O–H groups in total. The quantitative estimate of drug-likeness (QED) is 0.709. The van der Waals surface area contributed by atoms with Crippen molar-refractivity contribution in [3.63, 3.8) is 0 Å². The molecule has 1 unspecified atom stereocenters. The summed E-state index contributed by atoms with van der Waals surface area (Å²) in [7, 11) is 0.987. The molecule has 1 heterocycles. The van der Waals surface area contributed by atoms with E-state index in [1.807, 2.05) is 0 Å². The number of halogens is 3. The van der Waals surface area contributed by atoms with E-state index >= 15 is 0 Å². The van der Waals surface area contributed by atoms with Gasteiger partial charge < -0.3 is 14.4 Å². The summed E-state index contributed by atoms with van der Waals surface area (Å²) in [5.41, 5.74) is -2.29. The number of nitrogens with zero attached hydrogens (tertiary/aromatic N) is 1. The first-order chi connectivity index (χ1) is 7.72. The average Bonchev–Trinajstić information content (AvgIpc) is 2.60. The van der Waals surface area contributed by atoms with Gasteiger partial charge in [-0.05, 0) is 6.92 Å². The lowest BCUT2D eigenvalue weighted by Gasteiger charge is -2.29. The van der Waals surface area contributed by atoms with Gasteiger partial charge in [0.05, 0.1) is 12.3 Å². The molecule has 1 fully saturated rings. The van der Waals surface area contributed by atoms with Crippen LogP contribution in [0.3, 0.4) is 0 Å². The summed E-state index contributed by atoms with van der Waals surface area (Å²) < 4.78 is 47.6. The lowest BCUT2D eigenvalue weighted by Crippen LogP contribution is -2.49. The molecule has 0 aromatic carbocycles. The van der Waals surface area contributed by atoms with Gasteiger partial charge in [-0.25, -0.2) is 4.79 Å². The molecule has 1 amide bonds. The molecule has 4 nitrogen and oxygen atoms in total. The number of ether oxygens (including phenoxy) is 2. The minimum atomic E-state index is -4.51. The Kier molecular flexibility index (Phi) is 3.71. The molecular formula is C10H14F3NO3. The van der Waals surface area contributed by atoms with Crippen molar-refractivity contribution in [2.75, 3.05) is 20.2 Å². The second-order valence-corrected chi connectivity index (χ2v) is 3.94. The first-order valence-electron chi connectivity index (χ1n) is 4.96. The molecule has 1 atom stereocenters. The van der Waals surface area contributed by atoms with Crippen LogP contribution < -0.4 is 0 Å². The van der Waals surface area contributed by atoms with Crippen LogP contribution in [-0.4, -0.2) is 43.0 Å². The van der Waals surface area contributed by atoms with E-state index in [1.165, 1.54) is 6.92 Å². The van der Waals surface area contributed by atoms with E-state index in [1.54, 1.807) is 0 Å². The molecule has 0 aromatic heterocycles. The van der Waals surface area contributed by atoms with Gasteiger partial charge in [-0.15, -0.1) is 0 Å². The number of likely N-dealkylation sites (tertiary alicyclic amines) is 1. The normalized spacial score (nSPS) is 24.9. The standard InChI is InChI=1S/C10H14F3NO3/c1-7(2)17-8(15)14-5-4-9(6-14,16-3)10(11,12)13/h1,4-6H2,2-3H3. The third-order valence-corrected chi connectivity index (χ3v) is 2.66. The fourth-order valence-corrected chi connectivity index (χ4v) is 1.67. The molecule has 17 heavy (non-hydrogen) atoms. The Bertz CT molecular complexity index is 329. The lowest BCUT2D eigenvalue weighted by molar-refractivity contribution is -0.263. The van der Waals surface area contributed by atoms with E-state index in [0.717, 1.165) is 12.0 Å². The molecule has 0 aromatic rings. The Labute approximate surface area is 97.0 Å². The lowest BCUT2D eigenvalue weighted by atomic mass is 10.0. The molecule has 0 saturated carbocycles. The third kappa shape index (κ3) is 2.71. The van der Waals surface area contributed by atoms with Gasteiger partial charge in [0.1, 0.15) is 0 Å². The highest BCUT2D eigenvalue weighted by atomic mass is 19.4. The first kappa shape index (κ1) is 13.8. The summed E-state index contributed by atoms with van der Waals surface area (Å²) in [5.74, 6) is 0.136. The van der Waals surface area contributed by atoms with Crippen molar-refractivity contribution in [1.29, 1.82) is 0 Å². The number of hydrogen-bond acceptors (Lipinski definition) is 3. The van der Waals surface area contributed by atoms with Gasteiger partial charge in [0.2, 0.25) is 0 Å². The van der Waals surface area contributed by atoms with E-state index in [-0.39, 0.29) is 18.7 Å². The monoisotopic (exact) mass is 253 g/mol. The van der Waals surface area contributed by atoms with Crippen LogP contribution in [0.15, 0.2) is 12.3 Å². The fraction of sp³-hybridized carbons (Fsp3) is 0.700. The Morgan fingerprint density at radius 2 is 2.06 bits per heavy atom. The maximum Gasteiger partial charge on any atom is 0.419 e. The highest BCUT2D eigenvalue weighted by Crippen LogP contribution is 2.40. The second kappa shape index (κ2) is 4.56. The van der Waals surface area contributed by atoms with Crippen molar-refractivity contribution in [2.24, 2.45) is 0 Å². The van der Waals surface area contributed by atoms with Crippen LogP contribution >= 0.6 is 0 Å². The Morgan fingerprint density at radius 1 is 1.47 bits per heavy atom. The van der Waals surface area contributed by atoms with Crippen LogP contribution in [-0.2, 0) is 9.47 Å². The molecule has 1 rings (SSSR count). The van der Waals surface area contributed by atoms with E-state index in [2.05, 4.69) is 16.1 Å². The van der Waals surface area contributed by atoms with Crippen LogP contribution in [0, 0.1) is 0 Å². The molecule has 1 saturated heterocycles. The zero-order chi connectivity index (χ0) is 13.3. The van der Waals surface area contributed by atoms with Crippen molar-refractivity contribution in [1.82, 2.24) is 4.90 Å².